The minimum Gasteiger partial charge on any atom is -0.496 e. The van der Waals surface area contributed by atoms with Gasteiger partial charge in [-0.1, -0.05) is 23.4 Å². The van der Waals surface area contributed by atoms with Crippen molar-refractivity contribution in [3.05, 3.63) is 29.8 Å². The van der Waals surface area contributed by atoms with E-state index in [4.69, 9.17) is 15.7 Å². The second-order valence-electron chi connectivity index (χ2n) is 4.47. The number of nitrogens with two attached hydrogens (primary N) is 1. The van der Waals surface area contributed by atoms with Crippen molar-refractivity contribution in [3.8, 4) is 5.75 Å². The molecule has 1 fully saturated rings. The average Bonchev–Trinajstić information content (AvgIpc) is 2.86. The molecule has 0 aromatic heterocycles. The number of amidine groups is 1. The van der Waals surface area contributed by atoms with Gasteiger partial charge in [0.05, 0.1) is 13.2 Å². The quantitative estimate of drug-likeness (QED) is 0.366. The van der Waals surface area contributed by atoms with Crippen molar-refractivity contribution in [3.63, 3.8) is 0 Å². The lowest BCUT2D eigenvalue weighted by Crippen LogP contribution is -2.40. The molecule has 1 aromatic carbocycles. The molecule has 1 unspecified atom stereocenters. The maximum atomic E-state index is 8.79. The first kappa shape index (κ1) is 12.7. The molecule has 1 saturated heterocycles. The Hall–Kier alpha value is -1.75. The Morgan fingerprint density at radius 3 is 3.06 bits per heavy atom. The highest BCUT2D eigenvalue weighted by atomic mass is 16.5. The summed E-state index contributed by atoms with van der Waals surface area (Å²) in [6, 6.07) is 7.96. The molecule has 98 valence electrons. The smallest absolute Gasteiger partial charge is 0.156 e. The molecule has 0 amide bonds. The minimum absolute atomic E-state index is 0.0277. The topological polar surface area (TPSA) is 71.1 Å². The number of rotatable bonds is 4. The molecule has 0 aliphatic carbocycles. The highest BCUT2D eigenvalue weighted by Crippen LogP contribution is 2.24. The molecular weight excluding hydrogens is 230 g/mol. The van der Waals surface area contributed by atoms with Crippen LogP contribution in [0.3, 0.4) is 0 Å². The van der Waals surface area contributed by atoms with Gasteiger partial charge in [-0.2, -0.15) is 0 Å². The second kappa shape index (κ2) is 5.73. The van der Waals surface area contributed by atoms with Crippen molar-refractivity contribution in [2.24, 2.45) is 10.9 Å². The Labute approximate surface area is 107 Å². The minimum atomic E-state index is 0.0277. The van der Waals surface area contributed by atoms with Gasteiger partial charge >= 0.3 is 0 Å². The standard InChI is InChI=1S/C13H19N3O2/c1-18-12-7-3-2-5-10(12)9-16-8-4-6-11(16)13(14)15-17/h2-3,5,7,11,17H,4,6,8-9H2,1H3,(H2,14,15). The van der Waals surface area contributed by atoms with E-state index in [0.717, 1.165) is 37.2 Å². The first-order valence-electron chi connectivity index (χ1n) is 6.09. The third-order valence-corrected chi connectivity index (χ3v) is 3.39. The molecule has 0 spiro atoms. The van der Waals surface area contributed by atoms with Gasteiger partial charge in [0.15, 0.2) is 5.84 Å². The Morgan fingerprint density at radius 2 is 2.33 bits per heavy atom. The fourth-order valence-corrected chi connectivity index (χ4v) is 2.47. The van der Waals surface area contributed by atoms with Crippen LogP contribution in [0, 0.1) is 0 Å². The molecule has 18 heavy (non-hydrogen) atoms. The highest BCUT2D eigenvalue weighted by Gasteiger charge is 2.28. The van der Waals surface area contributed by atoms with E-state index in [1.165, 1.54) is 0 Å². The van der Waals surface area contributed by atoms with Crippen LogP contribution in [0.15, 0.2) is 29.4 Å². The van der Waals surface area contributed by atoms with Crippen LogP contribution in [0.2, 0.25) is 0 Å². The molecule has 1 atom stereocenters. The lowest BCUT2D eigenvalue weighted by Gasteiger charge is -2.24. The van der Waals surface area contributed by atoms with Gasteiger partial charge in [-0.3, -0.25) is 4.90 Å². The largest absolute Gasteiger partial charge is 0.496 e. The van der Waals surface area contributed by atoms with Crippen molar-refractivity contribution >= 4 is 5.84 Å². The number of ether oxygens (including phenoxy) is 1. The van der Waals surface area contributed by atoms with Crippen molar-refractivity contribution in [1.82, 2.24) is 4.90 Å². The molecule has 0 radical (unpaired) electrons. The molecule has 2 rings (SSSR count). The van der Waals surface area contributed by atoms with Gasteiger partial charge in [-0.25, -0.2) is 0 Å². The Balaban J connectivity index is 2.13. The molecule has 5 nitrogen and oxygen atoms in total. The molecule has 3 N–H and O–H groups in total. The van der Waals surface area contributed by atoms with Crippen LogP contribution in [0.25, 0.3) is 0 Å². The first-order chi connectivity index (χ1) is 8.76. The number of para-hydroxylation sites is 1. The van der Waals surface area contributed by atoms with Crippen LogP contribution >= 0.6 is 0 Å². The Bertz CT molecular complexity index is 434. The monoisotopic (exact) mass is 249 g/mol. The van der Waals surface area contributed by atoms with E-state index in [9.17, 15) is 0 Å². The highest BCUT2D eigenvalue weighted by molar-refractivity contribution is 5.85. The summed E-state index contributed by atoms with van der Waals surface area (Å²) in [5, 5.41) is 11.9. The summed E-state index contributed by atoms with van der Waals surface area (Å²) >= 11 is 0. The zero-order valence-electron chi connectivity index (χ0n) is 10.5. The summed E-state index contributed by atoms with van der Waals surface area (Å²) in [5.74, 6) is 1.17. The summed E-state index contributed by atoms with van der Waals surface area (Å²) in [5.41, 5.74) is 6.84. The van der Waals surface area contributed by atoms with Crippen LogP contribution in [0.1, 0.15) is 18.4 Å². The van der Waals surface area contributed by atoms with E-state index < -0.39 is 0 Å². The number of hydrogen-bond donors (Lipinski definition) is 2. The van der Waals surface area contributed by atoms with Gasteiger partial charge in [0.25, 0.3) is 0 Å². The van der Waals surface area contributed by atoms with Crippen molar-refractivity contribution < 1.29 is 9.94 Å². The molecular formula is C13H19N3O2. The van der Waals surface area contributed by atoms with Crippen LogP contribution in [-0.2, 0) is 6.54 Å². The fraction of sp³-hybridized carbons (Fsp3) is 0.462. The molecule has 1 aromatic rings. The van der Waals surface area contributed by atoms with E-state index in [1.54, 1.807) is 7.11 Å². The van der Waals surface area contributed by atoms with Crippen molar-refractivity contribution in [2.45, 2.75) is 25.4 Å². The number of oxime groups is 1. The van der Waals surface area contributed by atoms with E-state index in [-0.39, 0.29) is 6.04 Å². The predicted octanol–water partition coefficient (Wildman–Crippen LogP) is 1.41. The number of benzene rings is 1. The second-order valence-corrected chi connectivity index (χ2v) is 4.47. The third kappa shape index (κ3) is 2.56. The number of hydrogen-bond acceptors (Lipinski definition) is 4. The Kier molecular flexibility index (Phi) is 4.04. The van der Waals surface area contributed by atoms with Crippen molar-refractivity contribution in [1.29, 1.82) is 0 Å². The summed E-state index contributed by atoms with van der Waals surface area (Å²) < 4.78 is 5.34. The fourth-order valence-electron chi connectivity index (χ4n) is 2.47. The Morgan fingerprint density at radius 1 is 1.56 bits per heavy atom. The molecule has 5 heteroatoms. The van der Waals surface area contributed by atoms with Gasteiger partial charge in [0.1, 0.15) is 5.75 Å². The third-order valence-electron chi connectivity index (χ3n) is 3.39. The van der Waals surface area contributed by atoms with Crippen LogP contribution < -0.4 is 10.5 Å². The lowest BCUT2D eigenvalue weighted by atomic mass is 10.1. The zero-order chi connectivity index (χ0) is 13.0. The molecule has 1 aliphatic heterocycles. The SMILES string of the molecule is COc1ccccc1CN1CCCC1C(N)=NO. The van der Waals surface area contributed by atoms with Crippen molar-refractivity contribution in [2.75, 3.05) is 13.7 Å². The van der Waals surface area contributed by atoms with Crippen LogP contribution in [0.4, 0.5) is 0 Å². The van der Waals surface area contributed by atoms with Gasteiger partial charge in [-0.15, -0.1) is 0 Å². The van der Waals surface area contributed by atoms with Gasteiger partial charge in [0.2, 0.25) is 0 Å². The zero-order valence-corrected chi connectivity index (χ0v) is 10.5. The maximum Gasteiger partial charge on any atom is 0.156 e. The number of nitrogens with zero attached hydrogens (tertiary/aromatic N) is 2. The van der Waals surface area contributed by atoms with Gasteiger partial charge < -0.3 is 15.7 Å². The number of methoxy groups -OCH3 is 1. The number of likely N-dealkylation sites (tertiary alicyclic amines) is 1. The summed E-state index contributed by atoms with van der Waals surface area (Å²) in [7, 11) is 1.67. The normalized spacial score (nSPS) is 21.2. The molecule has 0 saturated carbocycles. The van der Waals surface area contributed by atoms with Gasteiger partial charge in [0, 0.05) is 12.1 Å². The van der Waals surface area contributed by atoms with Crippen LogP contribution in [-0.4, -0.2) is 35.6 Å². The van der Waals surface area contributed by atoms with E-state index in [1.807, 2.05) is 24.3 Å². The lowest BCUT2D eigenvalue weighted by molar-refractivity contribution is 0.271. The maximum absolute atomic E-state index is 8.79. The van der Waals surface area contributed by atoms with E-state index >= 15 is 0 Å². The summed E-state index contributed by atoms with van der Waals surface area (Å²) in [4.78, 5) is 2.22. The molecule has 1 heterocycles. The molecule has 0 bridgehead atoms. The van der Waals surface area contributed by atoms with E-state index in [0.29, 0.717) is 5.84 Å². The molecule has 1 aliphatic rings. The van der Waals surface area contributed by atoms with Gasteiger partial charge in [-0.05, 0) is 25.5 Å². The van der Waals surface area contributed by atoms with Crippen LogP contribution in [0.5, 0.6) is 5.75 Å². The summed E-state index contributed by atoms with van der Waals surface area (Å²) in [6.45, 7) is 1.71. The van der Waals surface area contributed by atoms with E-state index in [2.05, 4.69) is 10.1 Å². The average molecular weight is 249 g/mol. The predicted molar refractivity (Wildman–Crippen MR) is 69.8 cm³/mol. The summed E-state index contributed by atoms with van der Waals surface area (Å²) in [6.07, 6.45) is 2.00. The first-order valence-corrected chi connectivity index (χ1v) is 6.09.